The number of fused-ring (bicyclic) bond motifs is 1. The Labute approximate surface area is 131 Å². The van der Waals surface area contributed by atoms with E-state index in [2.05, 4.69) is 41.1 Å². The third-order valence-electron chi connectivity index (χ3n) is 3.51. The quantitative estimate of drug-likeness (QED) is 0.532. The third-order valence-corrected chi connectivity index (χ3v) is 4.62. The number of aryl methyl sites for hydroxylation is 1. The summed E-state index contributed by atoms with van der Waals surface area (Å²) in [5, 5.41) is 1.81. The Bertz CT molecular complexity index is 797. The predicted octanol–water partition coefficient (Wildman–Crippen LogP) is 5.93. The van der Waals surface area contributed by atoms with Crippen molar-refractivity contribution in [3.8, 4) is 11.3 Å². The Kier molecular flexibility index (Phi) is 3.53. The lowest BCUT2D eigenvalue weighted by Gasteiger charge is -2.13. The Morgan fingerprint density at radius 3 is 2.40 bits per heavy atom. The monoisotopic (exact) mass is 345 g/mol. The molecule has 0 saturated heterocycles. The zero-order chi connectivity index (χ0) is 14.3. The van der Waals surface area contributed by atoms with E-state index in [4.69, 9.17) is 16.6 Å². The van der Waals surface area contributed by atoms with Crippen LogP contribution >= 0.6 is 27.5 Å². The van der Waals surface area contributed by atoms with Crippen molar-refractivity contribution >= 4 is 38.4 Å². The van der Waals surface area contributed by atoms with E-state index < -0.39 is 0 Å². The topological polar surface area (TPSA) is 12.9 Å². The van der Waals surface area contributed by atoms with Crippen LogP contribution in [-0.4, -0.2) is 4.98 Å². The summed E-state index contributed by atoms with van der Waals surface area (Å²) in [5.41, 5.74) is 5.10. The molecule has 0 amide bonds. The Morgan fingerprint density at radius 2 is 1.70 bits per heavy atom. The summed E-state index contributed by atoms with van der Waals surface area (Å²) >= 11 is 10.2. The van der Waals surface area contributed by atoms with Gasteiger partial charge in [-0.15, -0.1) is 0 Å². The molecule has 0 aliphatic carbocycles. The SMILES string of the molecule is Cc1c(-c2ccccc2)nc2c(Br)ccc(C)c2c1Cl. The highest BCUT2D eigenvalue weighted by molar-refractivity contribution is 9.10. The van der Waals surface area contributed by atoms with Gasteiger partial charge >= 0.3 is 0 Å². The molecule has 0 aliphatic rings. The molecule has 2 aromatic carbocycles. The van der Waals surface area contributed by atoms with Gasteiger partial charge in [-0.2, -0.15) is 0 Å². The smallest absolute Gasteiger partial charge is 0.0869 e. The number of nitrogens with zero attached hydrogens (tertiary/aromatic N) is 1. The van der Waals surface area contributed by atoms with Crippen molar-refractivity contribution in [3.63, 3.8) is 0 Å². The minimum atomic E-state index is 0.785. The van der Waals surface area contributed by atoms with Gasteiger partial charge < -0.3 is 0 Å². The summed E-state index contributed by atoms with van der Waals surface area (Å²) in [5.74, 6) is 0. The molecule has 100 valence electrons. The molecule has 3 aromatic rings. The van der Waals surface area contributed by atoms with Gasteiger partial charge in [-0.3, -0.25) is 0 Å². The van der Waals surface area contributed by atoms with Crippen LogP contribution in [0.1, 0.15) is 11.1 Å². The summed E-state index contributed by atoms with van der Waals surface area (Å²) in [6.45, 7) is 4.08. The fourth-order valence-electron chi connectivity index (χ4n) is 2.42. The highest BCUT2D eigenvalue weighted by atomic mass is 79.9. The molecule has 0 aliphatic heterocycles. The van der Waals surface area contributed by atoms with E-state index in [0.29, 0.717) is 0 Å². The van der Waals surface area contributed by atoms with Gasteiger partial charge in [0.25, 0.3) is 0 Å². The van der Waals surface area contributed by atoms with Crippen LogP contribution in [0.3, 0.4) is 0 Å². The molecule has 0 atom stereocenters. The molecule has 0 N–H and O–H groups in total. The van der Waals surface area contributed by atoms with Gasteiger partial charge in [-0.25, -0.2) is 4.98 Å². The Balaban J connectivity index is 2.42. The molecule has 1 aromatic heterocycles. The standard InChI is InChI=1S/C17H13BrClN/c1-10-8-9-13(18)17-14(10)15(19)11(2)16(20-17)12-6-4-3-5-7-12/h3-9H,1-2H3. The van der Waals surface area contributed by atoms with E-state index in [0.717, 1.165) is 42.8 Å². The number of hydrogen-bond donors (Lipinski definition) is 0. The fraction of sp³-hybridized carbons (Fsp3) is 0.118. The van der Waals surface area contributed by atoms with Gasteiger partial charge in [-0.1, -0.05) is 48.0 Å². The maximum atomic E-state index is 6.60. The fourth-order valence-corrected chi connectivity index (χ4v) is 3.16. The van der Waals surface area contributed by atoms with Crippen LogP contribution in [0.15, 0.2) is 46.9 Å². The Hall–Kier alpha value is -1.38. The minimum absolute atomic E-state index is 0.785. The molecule has 1 nitrogen and oxygen atoms in total. The first kappa shape index (κ1) is 13.6. The Morgan fingerprint density at radius 1 is 1.00 bits per heavy atom. The largest absolute Gasteiger partial charge is 0.246 e. The van der Waals surface area contributed by atoms with E-state index in [-0.39, 0.29) is 0 Å². The first-order valence-electron chi connectivity index (χ1n) is 6.40. The van der Waals surface area contributed by atoms with Crippen LogP contribution in [0, 0.1) is 13.8 Å². The molecule has 20 heavy (non-hydrogen) atoms. The maximum absolute atomic E-state index is 6.60. The van der Waals surface area contributed by atoms with Crippen molar-refractivity contribution in [1.29, 1.82) is 0 Å². The summed E-state index contributed by atoms with van der Waals surface area (Å²) in [7, 11) is 0. The second-order valence-electron chi connectivity index (χ2n) is 4.85. The molecule has 3 rings (SSSR count). The number of pyridine rings is 1. The van der Waals surface area contributed by atoms with Gasteiger partial charge in [0.2, 0.25) is 0 Å². The van der Waals surface area contributed by atoms with E-state index in [1.807, 2.05) is 31.2 Å². The van der Waals surface area contributed by atoms with Crippen LogP contribution in [0.25, 0.3) is 22.2 Å². The van der Waals surface area contributed by atoms with E-state index in [1.54, 1.807) is 0 Å². The van der Waals surface area contributed by atoms with Crippen molar-refractivity contribution < 1.29 is 0 Å². The molecular weight excluding hydrogens is 334 g/mol. The number of halogens is 2. The van der Waals surface area contributed by atoms with Gasteiger partial charge in [-0.05, 0) is 47.0 Å². The normalized spacial score (nSPS) is 11.0. The van der Waals surface area contributed by atoms with Crippen molar-refractivity contribution in [2.45, 2.75) is 13.8 Å². The summed E-state index contributed by atoms with van der Waals surface area (Å²) in [6, 6.07) is 14.2. The number of aromatic nitrogens is 1. The molecule has 0 fully saturated rings. The van der Waals surface area contributed by atoms with Gasteiger partial charge in [0.05, 0.1) is 16.2 Å². The molecule has 0 unspecified atom stereocenters. The predicted molar refractivity (Wildman–Crippen MR) is 89.4 cm³/mol. The molecule has 0 radical (unpaired) electrons. The summed E-state index contributed by atoms with van der Waals surface area (Å²) < 4.78 is 0.970. The van der Waals surface area contributed by atoms with Gasteiger partial charge in [0, 0.05) is 15.4 Å². The summed E-state index contributed by atoms with van der Waals surface area (Å²) in [4.78, 5) is 4.83. The lowest BCUT2D eigenvalue weighted by atomic mass is 10.0. The number of rotatable bonds is 1. The second kappa shape index (κ2) is 5.19. The average molecular weight is 347 g/mol. The van der Waals surface area contributed by atoms with Crippen LogP contribution in [-0.2, 0) is 0 Å². The van der Waals surface area contributed by atoms with Crippen molar-refractivity contribution in [2.24, 2.45) is 0 Å². The maximum Gasteiger partial charge on any atom is 0.0869 e. The van der Waals surface area contributed by atoms with Crippen molar-refractivity contribution in [1.82, 2.24) is 4.98 Å². The van der Waals surface area contributed by atoms with Crippen molar-refractivity contribution in [3.05, 3.63) is 63.1 Å². The molecule has 0 spiro atoms. The van der Waals surface area contributed by atoms with E-state index in [9.17, 15) is 0 Å². The third kappa shape index (κ3) is 2.13. The first-order valence-corrected chi connectivity index (χ1v) is 7.57. The second-order valence-corrected chi connectivity index (χ2v) is 6.09. The zero-order valence-corrected chi connectivity index (χ0v) is 13.6. The highest BCUT2D eigenvalue weighted by Gasteiger charge is 2.14. The molecular formula is C17H13BrClN. The van der Waals surface area contributed by atoms with Crippen LogP contribution in [0.5, 0.6) is 0 Å². The summed E-state index contributed by atoms with van der Waals surface area (Å²) in [6.07, 6.45) is 0. The molecule has 0 bridgehead atoms. The van der Waals surface area contributed by atoms with E-state index in [1.165, 1.54) is 0 Å². The van der Waals surface area contributed by atoms with Gasteiger partial charge in [0.15, 0.2) is 0 Å². The van der Waals surface area contributed by atoms with E-state index >= 15 is 0 Å². The average Bonchev–Trinajstić information content (AvgIpc) is 2.47. The lowest BCUT2D eigenvalue weighted by Crippen LogP contribution is -1.94. The van der Waals surface area contributed by atoms with Crippen molar-refractivity contribution in [2.75, 3.05) is 0 Å². The highest BCUT2D eigenvalue weighted by Crippen LogP contribution is 2.37. The molecule has 1 heterocycles. The van der Waals surface area contributed by atoms with Gasteiger partial charge in [0.1, 0.15) is 0 Å². The lowest BCUT2D eigenvalue weighted by molar-refractivity contribution is 1.31. The first-order chi connectivity index (χ1) is 9.59. The number of benzene rings is 2. The van der Waals surface area contributed by atoms with Crippen LogP contribution < -0.4 is 0 Å². The zero-order valence-electron chi connectivity index (χ0n) is 11.2. The van der Waals surface area contributed by atoms with Crippen LogP contribution in [0.2, 0.25) is 5.02 Å². The number of hydrogen-bond acceptors (Lipinski definition) is 1. The minimum Gasteiger partial charge on any atom is -0.246 e. The van der Waals surface area contributed by atoms with Crippen LogP contribution in [0.4, 0.5) is 0 Å². The molecule has 0 saturated carbocycles. The molecule has 3 heteroatoms.